The minimum atomic E-state index is -1.02. The molecule has 2 rings (SSSR count). The number of benzene rings is 2. The van der Waals surface area contributed by atoms with E-state index in [1.807, 2.05) is 12.1 Å². The second-order valence-corrected chi connectivity index (χ2v) is 8.17. The largest absolute Gasteiger partial charge is 0.487 e. The van der Waals surface area contributed by atoms with Gasteiger partial charge in [-0.25, -0.2) is 0 Å². The third-order valence-electron chi connectivity index (χ3n) is 3.25. The first kappa shape index (κ1) is 20.0. The van der Waals surface area contributed by atoms with Gasteiger partial charge in [0.1, 0.15) is 18.4 Å². The highest BCUT2D eigenvalue weighted by atomic mass is 127. The average molecular weight is 592 g/mol. The molecular formula is C16H13Cl2I2NO3. The second kappa shape index (κ2) is 8.88. The van der Waals surface area contributed by atoms with Gasteiger partial charge in [0.15, 0.2) is 0 Å². The van der Waals surface area contributed by atoms with Gasteiger partial charge in [-0.2, -0.15) is 0 Å². The van der Waals surface area contributed by atoms with Crippen molar-refractivity contribution in [2.45, 2.75) is 19.1 Å². The van der Waals surface area contributed by atoms with E-state index >= 15 is 0 Å². The SMILES string of the molecule is N[C@@H](Cc1cc(I)c(OCc2c(Cl)cccc2Cl)c(I)c1)C(=O)O. The lowest BCUT2D eigenvalue weighted by atomic mass is 10.1. The fourth-order valence-corrected chi connectivity index (χ4v) is 4.74. The monoisotopic (exact) mass is 591 g/mol. The van der Waals surface area contributed by atoms with Gasteiger partial charge in [-0.15, -0.1) is 0 Å². The van der Waals surface area contributed by atoms with Crippen molar-refractivity contribution < 1.29 is 14.6 Å². The lowest BCUT2D eigenvalue weighted by Crippen LogP contribution is -2.32. The van der Waals surface area contributed by atoms with Crippen LogP contribution in [-0.4, -0.2) is 17.1 Å². The molecular weight excluding hydrogens is 579 g/mol. The van der Waals surface area contributed by atoms with Gasteiger partial charge >= 0.3 is 5.97 Å². The molecule has 2 aromatic rings. The highest BCUT2D eigenvalue weighted by molar-refractivity contribution is 14.1. The maximum atomic E-state index is 10.9. The minimum absolute atomic E-state index is 0.249. The summed E-state index contributed by atoms with van der Waals surface area (Å²) >= 11 is 16.6. The zero-order valence-corrected chi connectivity index (χ0v) is 18.1. The van der Waals surface area contributed by atoms with E-state index in [0.29, 0.717) is 15.8 Å². The van der Waals surface area contributed by atoms with Crippen molar-refractivity contribution in [3.63, 3.8) is 0 Å². The summed E-state index contributed by atoms with van der Waals surface area (Å²) in [6.45, 7) is 0.249. The quantitative estimate of drug-likeness (QED) is 0.477. The smallest absolute Gasteiger partial charge is 0.320 e. The van der Waals surface area contributed by atoms with Crippen molar-refractivity contribution in [2.75, 3.05) is 0 Å². The summed E-state index contributed by atoms with van der Waals surface area (Å²) in [7, 11) is 0. The predicted molar refractivity (Wildman–Crippen MR) is 112 cm³/mol. The summed E-state index contributed by atoms with van der Waals surface area (Å²) in [4.78, 5) is 10.9. The molecule has 0 fully saturated rings. The van der Waals surface area contributed by atoms with E-state index in [1.54, 1.807) is 18.2 Å². The topological polar surface area (TPSA) is 72.5 Å². The molecule has 0 aliphatic rings. The standard InChI is InChI=1S/C16H13Cl2I2NO3/c17-10-2-1-3-11(18)9(10)7-24-15-12(19)4-8(5-13(15)20)6-14(21)16(22)23/h1-5,14H,6-7,21H2,(H,22,23)/t14-/m0/s1. The molecule has 0 aliphatic heterocycles. The molecule has 0 radical (unpaired) electrons. The Labute approximate surface area is 176 Å². The van der Waals surface area contributed by atoms with Gasteiger partial charge in [0.25, 0.3) is 0 Å². The van der Waals surface area contributed by atoms with Gasteiger partial charge in [-0.05, 0) is 81.4 Å². The Morgan fingerprint density at radius 3 is 2.25 bits per heavy atom. The normalized spacial score (nSPS) is 12.0. The highest BCUT2D eigenvalue weighted by Gasteiger charge is 2.16. The molecule has 0 saturated heterocycles. The first-order valence-corrected chi connectivity index (χ1v) is 9.73. The molecule has 0 unspecified atom stereocenters. The lowest BCUT2D eigenvalue weighted by molar-refractivity contribution is -0.138. The molecule has 0 spiro atoms. The number of hydrogen-bond acceptors (Lipinski definition) is 3. The Kier molecular flexibility index (Phi) is 7.41. The fourth-order valence-electron chi connectivity index (χ4n) is 2.02. The number of carboxylic acids is 1. The maximum absolute atomic E-state index is 10.9. The Hall–Kier alpha value is -0.290. The molecule has 3 N–H and O–H groups in total. The van der Waals surface area contributed by atoms with Crippen molar-refractivity contribution in [3.8, 4) is 5.75 Å². The number of carbonyl (C=O) groups is 1. The number of halogens is 4. The van der Waals surface area contributed by atoms with Crippen LogP contribution in [-0.2, 0) is 17.8 Å². The zero-order valence-electron chi connectivity index (χ0n) is 12.2. The van der Waals surface area contributed by atoms with Crippen LogP contribution in [0.2, 0.25) is 10.0 Å². The first-order chi connectivity index (χ1) is 11.3. The molecule has 0 aromatic heterocycles. The number of aliphatic carboxylic acids is 1. The van der Waals surface area contributed by atoms with Gasteiger partial charge in [0, 0.05) is 15.6 Å². The van der Waals surface area contributed by atoms with E-state index in [2.05, 4.69) is 45.2 Å². The van der Waals surface area contributed by atoms with Crippen molar-refractivity contribution in [1.29, 1.82) is 0 Å². The summed E-state index contributed by atoms with van der Waals surface area (Å²) in [6, 6.07) is 8.12. The molecule has 4 nitrogen and oxygen atoms in total. The van der Waals surface area contributed by atoms with Crippen LogP contribution in [0.15, 0.2) is 30.3 Å². The minimum Gasteiger partial charge on any atom is -0.487 e. The van der Waals surface area contributed by atoms with Crippen molar-refractivity contribution in [1.82, 2.24) is 0 Å². The van der Waals surface area contributed by atoms with E-state index in [0.717, 1.165) is 18.3 Å². The predicted octanol–water partition coefficient (Wildman–Crippen LogP) is 4.74. The van der Waals surface area contributed by atoms with E-state index < -0.39 is 12.0 Å². The fraction of sp³-hybridized carbons (Fsp3) is 0.188. The van der Waals surface area contributed by atoms with Crippen LogP contribution in [0.4, 0.5) is 0 Å². The molecule has 0 heterocycles. The Morgan fingerprint density at radius 2 is 1.75 bits per heavy atom. The number of ether oxygens (including phenoxy) is 1. The summed E-state index contributed by atoms with van der Waals surface area (Å²) in [5.41, 5.74) is 7.16. The van der Waals surface area contributed by atoms with E-state index in [4.69, 9.17) is 38.8 Å². The van der Waals surface area contributed by atoms with Crippen molar-refractivity contribution >= 4 is 74.4 Å². The van der Waals surface area contributed by atoms with Gasteiger partial charge in [-0.3, -0.25) is 4.79 Å². The highest BCUT2D eigenvalue weighted by Crippen LogP contribution is 2.32. The Morgan fingerprint density at radius 1 is 1.21 bits per heavy atom. The summed E-state index contributed by atoms with van der Waals surface area (Å²) in [5.74, 6) is -0.312. The van der Waals surface area contributed by atoms with Crippen molar-refractivity contribution in [2.24, 2.45) is 5.73 Å². The van der Waals surface area contributed by atoms with Crippen LogP contribution in [0.5, 0.6) is 5.75 Å². The molecule has 2 aromatic carbocycles. The Bertz CT molecular complexity index is 728. The van der Waals surface area contributed by atoms with Crippen LogP contribution in [0.1, 0.15) is 11.1 Å². The molecule has 8 heteroatoms. The third-order valence-corrected chi connectivity index (χ3v) is 5.56. The maximum Gasteiger partial charge on any atom is 0.320 e. The summed E-state index contributed by atoms with van der Waals surface area (Å²) < 4.78 is 7.63. The Balaban J connectivity index is 2.18. The third kappa shape index (κ3) is 5.10. The van der Waals surface area contributed by atoms with E-state index in [9.17, 15) is 4.79 Å². The van der Waals surface area contributed by atoms with Gasteiger partial charge < -0.3 is 15.6 Å². The van der Waals surface area contributed by atoms with Gasteiger partial charge in [0.05, 0.1) is 7.14 Å². The molecule has 1 atom stereocenters. The molecule has 128 valence electrons. The van der Waals surface area contributed by atoms with Crippen LogP contribution in [0, 0.1) is 7.14 Å². The van der Waals surface area contributed by atoms with Gasteiger partial charge in [0.2, 0.25) is 0 Å². The van der Waals surface area contributed by atoms with Crippen LogP contribution < -0.4 is 10.5 Å². The van der Waals surface area contributed by atoms with Crippen LogP contribution in [0.3, 0.4) is 0 Å². The van der Waals surface area contributed by atoms with Crippen LogP contribution >= 0.6 is 68.4 Å². The molecule has 0 bridgehead atoms. The molecule has 24 heavy (non-hydrogen) atoms. The zero-order chi connectivity index (χ0) is 17.9. The molecule has 0 amide bonds. The first-order valence-electron chi connectivity index (χ1n) is 6.81. The average Bonchev–Trinajstić information content (AvgIpc) is 2.48. The molecule has 0 aliphatic carbocycles. The number of rotatable bonds is 6. The van der Waals surface area contributed by atoms with Crippen molar-refractivity contribution in [3.05, 3.63) is 58.6 Å². The summed E-state index contributed by atoms with van der Waals surface area (Å²) in [6.07, 6.45) is 0.262. The van der Waals surface area contributed by atoms with E-state index in [1.165, 1.54) is 0 Å². The number of hydrogen-bond donors (Lipinski definition) is 2. The second-order valence-electron chi connectivity index (χ2n) is 5.03. The summed E-state index contributed by atoms with van der Waals surface area (Å²) in [5, 5.41) is 10.0. The van der Waals surface area contributed by atoms with Crippen LogP contribution in [0.25, 0.3) is 0 Å². The lowest BCUT2D eigenvalue weighted by Gasteiger charge is -2.14. The van der Waals surface area contributed by atoms with E-state index in [-0.39, 0.29) is 13.0 Å². The number of nitrogens with two attached hydrogens (primary N) is 1. The number of carboxylic acid groups (broad SMARTS) is 1. The molecule has 0 saturated carbocycles. The van der Waals surface area contributed by atoms with Gasteiger partial charge in [-0.1, -0.05) is 29.3 Å².